The van der Waals surface area contributed by atoms with Crippen molar-refractivity contribution in [3.8, 4) is 5.88 Å². The van der Waals surface area contributed by atoms with Gasteiger partial charge >= 0.3 is 0 Å². The molecule has 1 aliphatic heterocycles. The quantitative estimate of drug-likeness (QED) is 0.837. The van der Waals surface area contributed by atoms with Crippen LogP contribution in [0.1, 0.15) is 6.42 Å². The van der Waals surface area contributed by atoms with Gasteiger partial charge in [-0.05, 0) is 35.5 Å². The number of nitrogens with zero attached hydrogens (tertiary/aromatic N) is 2. The van der Waals surface area contributed by atoms with Gasteiger partial charge in [-0.3, -0.25) is 0 Å². The number of ether oxygens (including phenoxy) is 1. The molecule has 1 unspecified atom stereocenters. The topological polar surface area (TPSA) is 25.4 Å². The van der Waals surface area contributed by atoms with Crippen molar-refractivity contribution in [3.05, 3.63) is 21.8 Å². The first-order valence-electron chi connectivity index (χ1n) is 4.81. The molecule has 0 spiro atoms. The van der Waals surface area contributed by atoms with E-state index in [4.69, 9.17) is 16.3 Å². The Morgan fingerprint density at radius 2 is 2.47 bits per heavy atom. The van der Waals surface area contributed by atoms with Gasteiger partial charge in [0, 0.05) is 19.3 Å². The van der Waals surface area contributed by atoms with Crippen LogP contribution in [-0.2, 0) is 0 Å². The zero-order valence-electron chi connectivity index (χ0n) is 8.41. The van der Waals surface area contributed by atoms with Crippen LogP contribution in [0.25, 0.3) is 0 Å². The molecule has 0 aliphatic carbocycles. The minimum absolute atomic E-state index is 0.236. The molecule has 3 nitrogen and oxygen atoms in total. The van der Waals surface area contributed by atoms with Crippen LogP contribution in [0.4, 0.5) is 0 Å². The van der Waals surface area contributed by atoms with Crippen LogP contribution in [0, 0.1) is 0 Å². The Bertz CT molecular complexity index is 361. The van der Waals surface area contributed by atoms with Gasteiger partial charge in [0.1, 0.15) is 6.10 Å². The third-order valence-corrected chi connectivity index (χ3v) is 3.18. The Hall–Kier alpha value is -0.320. The highest BCUT2D eigenvalue weighted by Crippen LogP contribution is 2.27. The number of aromatic nitrogens is 1. The molecule has 82 valence electrons. The number of likely N-dealkylation sites (N-methyl/N-ethyl adjacent to an activating group) is 1. The van der Waals surface area contributed by atoms with E-state index in [1.807, 2.05) is 0 Å². The number of likely N-dealkylation sites (tertiary alicyclic amines) is 1. The minimum atomic E-state index is 0.236. The van der Waals surface area contributed by atoms with E-state index < -0.39 is 0 Å². The lowest BCUT2D eigenvalue weighted by Gasteiger charge is -2.13. The molecule has 1 aliphatic rings. The van der Waals surface area contributed by atoms with Gasteiger partial charge in [-0.1, -0.05) is 11.6 Å². The molecular weight excluding hydrogens is 279 g/mol. The van der Waals surface area contributed by atoms with Gasteiger partial charge in [0.15, 0.2) is 0 Å². The van der Waals surface area contributed by atoms with Crippen molar-refractivity contribution < 1.29 is 4.74 Å². The van der Waals surface area contributed by atoms with Gasteiger partial charge in [0.25, 0.3) is 0 Å². The Balaban J connectivity index is 2.04. The first kappa shape index (κ1) is 11.2. The molecular formula is C10H12BrClN2O. The van der Waals surface area contributed by atoms with Gasteiger partial charge in [-0.25, -0.2) is 4.98 Å². The molecule has 1 aromatic rings. The monoisotopic (exact) mass is 290 g/mol. The molecule has 0 amide bonds. The van der Waals surface area contributed by atoms with Crippen LogP contribution in [0.3, 0.4) is 0 Å². The summed E-state index contributed by atoms with van der Waals surface area (Å²) in [7, 11) is 2.09. The normalized spacial score (nSPS) is 21.9. The van der Waals surface area contributed by atoms with Gasteiger partial charge in [0.05, 0.1) is 9.50 Å². The highest BCUT2D eigenvalue weighted by molar-refractivity contribution is 9.10. The second kappa shape index (κ2) is 4.68. The number of halogens is 2. The van der Waals surface area contributed by atoms with E-state index in [1.165, 1.54) is 0 Å². The van der Waals surface area contributed by atoms with Gasteiger partial charge in [0.2, 0.25) is 5.88 Å². The van der Waals surface area contributed by atoms with E-state index in [1.54, 1.807) is 12.3 Å². The minimum Gasteiger partial charge on any atom is -0.472 e. The van der Waals surface area contributed by atoms with Crippen LogP contribution >= 0.6 is 27.5 Å². The highest BCUT2D eigenvalue weighted by atomic mass is 79.9. The Kier molecular flexibility index (Phi) is 3.49. The summed E-state index contributed by atoms with van der Waals surface area (Å²) in [5, 5.41) is 0.609. The first-order valence-corrected chi connectivity index (χ1v) is 5.98. The van der Waals surface area contributed by atoms with Crippen molar-refractivity contribution in [3.63, 3.8) is 0 Å². The average Bonchev–Trinajstić information content (AvgIpc) is 2.56. The van der Waals surface area contributed by atoms with Crippen LogP contribution in [0.5, 0.6) is 5.88 Å². The lowest BCUT2D eigenvalue weighted by atomic mass is 10.3. The van der Waals surface area contributed by atoms with Crippen LogP contribution in [0.15, 0.2) is 16.7 Å². The molecule has 15 heavy (non-hydrogen) atoms. The van der Waals surface area contributed by atoms with E-state index in [-0.39, 0.29) is 6.10 Å². The van der Waals surface area contributed by atoms with Crippen molar-refractivity contribution >= 4 is 27.5 Å². The first-order chi connectivity index (χ1) is 7.15. The molecule has 0 aromatic carbocycles. The van der Waals surface area contributed by atoms with Gasteiger partial charge in [-0.15, -0.1) is 0 Å². The molecule has 0 saturated carbocycles. The van der Waals surface area contributed by atoms with E-state index in [0.29, 0.717) is 10.9 Å². The van der Waals surface area contributed by atoms with Crippen LogP contribution < -0.4 is 4.74 Å². The lowest BCUT2D eigenvalue weighted by molar-refractivity contribution is 0.198. The molecule has 5 heteroatoms. The summed E-state index contributed by atoms with van der Waals surface area (Å²) in [5.74, 6) is 0.625. The maximum absolute atomic E-state index is 5.80. The zero-order valence-corrected chi connectivity index (χ0v) is 10.8. The van der Waals surface area contributed by atoms with Crippen molar-refractivity contribution in [1.29, 1.82) is 0 Å². The zero-order chi connectivity index (χ0) is 10.8. The molecule has 1 saturated heterocycles. The number of hydrogen-bond acceptors (Lipinski definition) is 3. The Labute approximate surface area is 103 Å². The van der Waals surface area contributed by atoms with Crippen LogP contribution in [0.2, 0.25) is 5.02 Å². The fourth-order valence-electron chi connectivity index (χ4n) is 1.64. The maximum Gasteiger partial charge on any atom is 0.228 e. The maximum atomic E-state index is 5.80. The molecule has 0 bridgehead atoms. The van der Waals surface area contributed by atoms with Crippen molar-refractivity contribution in [2.75, 3.05) is 20.1 Å². The smallest absolute Gasteiger partial charge is 0.228 e. The summed E-state index contributed by atoms with van der Waals surface area (Å²) in [5.41, 5.74) is 0. The van der Waals surface area contributed by atoms with Crippen LogP contribution in [-0.4, -0.2) is 36.1 Å². The summed E-state index contributed by atoms with van der Waals surface area (Å²) in [6.45, 7) is 2.03. The summed E-state index contributed by atoms with van der Waals surface area (Å²) in [6, 6.07) is 1.79. The standard InChI is InChI=1S/C10H12BrClN2O/c1-14-3-2-8(6-14)15-10-9(11)4-7(12)5-13-10/h4-5,8H,2-3,6H2,1H3. The predicted molar refractivity (Wildman–Crippen MR) is 63.5 cm³/mol. The molecule has 0 radical (unpaired) electrons. The second-order valence-electron chi connectivity index (χ2n) is 3.73. The summed E-state index contributed by atoms with van der Waals surface area (Å²) < 4.78 is 6.58. The number of hydrogen-bond donors (Lipinski definition) is 0. The average molecular weight is 292 g/mol. The van der Waals surface area contributed by atoms with E-state index in [0.717, 1.165) is 24.0 Å². The van der Waals surface area contributed by atoms with Crippen molar-refractivity contribution in [2.45, 2.75) is 12.5 Å². The third kappa shape index (κ3) is 2.83. The predicted octanol–water partition coefficient (Wildman–Crippen LogP) is 2.58. The number of pyridine rings is 1. The third-order valence-electron chi connectivity index (χ3n) is 2.40. The molecule has 2 heterocycles. The largest absolute Gasteiger partial charge is 0.472 e. The molecule has 0 N–H and O–H groups in total. The van der Waals surface area contributed by atoms with Gasteiger partial charge in [-0.2, -0.15) is 0 Å². The SMILES string of the molecule is CN1CCC(Oc2ncc(Cl)cc2Br)C1. The van der Waals surface area contributed by atoms with E-state index in [9.17, 15) is 0 Å². The molecule has 1 fully saturated rings. The Morgan fingerprint density at radius 3 is 3.07 bits per heavy atom. The van der Waals surface area contributed by atoms with Crippen molar-refractivity contribution in [2.24, 2.45) is 0 Å². The van der Waals surface area contributed by atoms with E-state index in [2.05, 4.69) is 32.9 Å². The summed E-state index contributed by atoms with van der Waals surface area (Å²) in [4.78, 5) is 6.39. The molecule has 1 aromatic heterocycles. The van der Waals surface area contributed by atoms with Crippen molar-refractivity contribution in [1.82, 2.24) is 9.88 Å². The van der Waals surface area contributed by atoms with E-state index >= 15 is 0 Å². The molecule has 2 rings (SSSR count). The highest BCUT2D eigenvalue weighted by Gasteiger charge is 2.22. The fourth-order valence-corrected chi connectivity index (χ4v) is 2.37. The second-order valence-corrected chi connectivity index (χ2v) is 5.02. The number of rotatable bonds is 2. The fraction of sp³-hybridized carbons (Fsp3) is 0.500. The Morgan fingerprint density at radius 1 is 1.67 bits per heavy atom. The lowest BCUT2D eigenvalue weighted by Crippen LogP contribution is -2.21. The summed E-state index contributed by atoms with van der Waals surface area (Å²) >= 11 is 9.18. The van der Waals surface area contributed by atoms with Gasteiger partial charge < -0.3 is 9.64 Å². The molecule has 1 atom stereocenters. The summed E-state index contributed by atoms with van der Waals surface area (Å²) in [6.07, 6.45) is 2.88.